The number of aryl methyl sites for hydroxylation is 1. The van der Waals surface area contributed by atoms with Crippen LogP contribution in [0, 0.1) is 0 Å². The summed E-state index contributed by atoms with van der Waals surface area (Å²) in [6.45, 7) is 0. The van der Waals surface area contributed by atoms with Gasteiger partial charge in [0.1, 0.15) is 0 Å². The fourth-order valence-electron chi connectivity index (χ4n) is 1.54. The number of aromatic nitrogens is 2. The van der Waals surface area contributed by atoms with Crippen LogP contribution in [0.25, 0.3) is 11.0 Å². The second kappa shape index (κ2) is 4.70. The normalized spacial score (nSPS) is 10.9. The van der Waals surface area contributed by atoms with Crippen LogP contribution >= 0.6 is 0 Å². The highest BCUT2D eigenvalue weighted by Crippen LogP contribution is 2.17. The number of aliphatic carboxylic acids is 1. The molecule has 0 fully saturated rings. The molecule has 2 N–H and O–H groups in total. The van der Waals surface area contributed by atoms with Crippen LogP contribution in [0.3, 0.4) is 0 Å². The van der Waals surface area contributed by atoms with E-state index in [2.05, 4.69) is 10.3 Å². The van der Waals surface area contributed by atoms with E-state index in [1.54, 1.807) is 18.5 Å². The van der Waals surface area contributed by atoms with Crippen LogP contribution in [0.2, 0.25) is 0 Å². The van der Waals surface area contributed by atoms with Gasteiger partial charge in [0.25, 0.3) is 0 Å². The van der Waals surface area contributed by atoms with Crippen LogP contribution in [0.1, 0.15) is 0 Å². The van der Waals surface area contributed by atoms with Gasteiger partial charge in [0.2, 0.25) is 5.91 Å². The van der Waals surface area contributed by atoms with Crippen LogP contribution in [-0.4, -0.2) is 26.5 Å². The molecule has 2 rings (SSSR count). The van der Waals surface area contributed by atoms with Gasteiger partial charge in [-0.25, -0.2) is 9.78 Å². The third kappa shape index (κ3) is 2.54. The van der Waals surface area contributed by atoms with E-state index >= 15 is 0 Å². The van der Waals surface area contributed by atoms with Gasteiger partial charge in [0, 0.05) is 24.9 Å². The topological polar surface area (TPSA) is 84.2 Å². The number of carboxylic acids is 1. The first-order chi connectivity index (χ1) is 8.56. The first-order valence-corrected chi connectivity index (χ1v) is 5.19. The number of imidazole rings is 1. The number of nitrogens with zero attached hydrogens (tertiary/aromatic N) is 2. The minimum absolute atomic E-state index is 0.493. The molecule has 18 heavy (non-hydrogen) atoms. The van der Waals surface area contributed by atoms with Gasteiger partial charge < -0.3 is 15.0 Å². The maximum Gasteiger partial charge on any atom is 0.328 e. The van der Waals surface area contributed by atoms with E-state index in [0.717, 1.165) is 23.2 Å². The number of rotatable bonds is 3. The van der Waals surface area contributed by atoms with E-state index in [1.165, 1.54) is 0 Å². The summed E-state index contributed by atoms with van der Waals surface area (Å²) in [5.41, 5.74) is 2.29. The zero-order valence-corrected chi connectivity index (χ0v) is 9.62. The van der Waals surface area contributed by atoms with Crippen molar-refractivity contribution in [2.45, 2.75) is 0 Å². The molecule has 1 amide bonds. The lowest BCUT2D eigenvalue weighted by Gasteiger charge is -2.02. The average Bonchev–Trinajstić information content (AvgIpc) is 2.68. The number of carbonyl (C=O) groups is 2. The summed E-state index contributed by atoms with van der Waals surface area (Å²) >= 11 is 0. The van der Waals surface area contributed by atoms with Crippen molar-refractivity contribution in [3.8, 4) is 0 Å². The Hall–Kier alpha value is -2.63. The Morgan fingerprint density at radius 3 is 2.89 bits per heavy atom. The Labute approximate surface area is 103 Å². The molecular weight excluding hydrogens is 234 g/mol. The van der Waals surface area contributed by atoms with Crippen LogP contribution in [-0.2, 0) is 16.6 Å². The van der Waals surface area contributed by atoms with Crippen molar-refractivity contribution in [3.05, 3.63) is 36.7 Å². The number of amides is 1. The van der Waals surface area contributed by atoms with Crippen molar-refractivity contribution in [1.29, 1.82) is 0 Å². The lowest BCUT2D eigenvalue weighted by Crippen LogP contribution is -2.08. The molecule has 0 saturated heterocycles. The minimum atomic E-state index is -1.16. The van der Waals surface area contributed by atoms with Crippen LogP contribution in [0.15, 0.2) is 36.7 Å². The smallest absolute Gasteiger partial charge is 0.328 e. The molecule has 0 radical (unpaired) electrons. The lowest BCUT2D eigenvalue weighted by molar-refractivity contribution is -0.131. The molecule has 2 aromatic rings. The number of anilines is 1. The monoisotopic (exact) mass is 245 g/mol. The van der Waals surface area contributed by atoms with Gasteiger partial charge in [-0.15, -0.1) is 0 Å². The first-order valence-electron chi connectivity index (χ1n) is 5.19. The number of carboxylic acid groups (broad SMARTS) is 1. The molecule has 0 aliphatic carbocycles. The largest absolute Gasteiger partial charge is 0.478 e. The highest BCUT2D eigenvalue weighted by atomic mass is 16.4. The number of hydrogen-bond donors (Lipinski definition) is 2. The van der Waals surface area contributed by atoms with E-state index in [9.17, 15) is 9.59 Å². The molecule has 1 aromatic heterocycles. The maximum atomic E-state index is 11.4. The van der Waals surface area contributed by atoms with Gasteiger partial charge in [-0.05, 0) is 18.2 Å². The molecule has 1 aromatic carbocycles. The van der Waals surface area contributed by atoms with E-state index in [4.69, 9.17) is 5.11 Å². The predicted octanol–water partition coefficient (Wildman–Crippen LogP) is 1.15. The molecule has 0 aliphatic heterocycles. The number of benzene rings is 1. The third-order valence-corrected chi connectivity index (χ3v) is 2.37. The molecule has 92 valence electrons. The third-order valence-electron chi connectivity index (χ3n) is 2.37. The molecule has 0 bridgehead atoms. The van der Waals surface area contributed by atoms with Gasteiger partial charge in [-0.1, -0.05) is 0 Å². The molecular formula is C12H11N3O3. The summed E-state index contributed by atoms with van der Waals surface area (Å²) in [6, 6.07) is 5.29. The molecule has 6 heteroatoms. The van der Waals surface area contributed by atoms with Crippen molar-refractivity contribution < 1.29 is 14.7 Å². The van der Waals surface area contributed by atoms with Gasteiger partial charge in [-0.2, -0.15) is 0 Å². The second-order valence-corrected chi connectivity index (χ2v) is 3.72. The minimum Gasteiger partial charge on any atom is -0.478 e. The zero-order valence-electron chi connectivity index (χ0n) is 9.62. The fourth-order valence-corrected chi connectivity index (χ4v) is 1.54. The first kappa shape index (κ1) is 11.8. The summed E-state index contributed by atoms with van der Waals surface area (Å²) in [4.78, 5) is 25.8. The summed E-state index contributed by atoms with van der Waals surface area (Å²) in [5, 5.41) is 11.0. The molecule has 1 heterocycles. The Morgan fingerprint density at radius 1 is 1.39 bits per heavy atom. The zero-order chi connectivity index (χ0) is 13.1. The number of nitrogens with one attached hydrogen (secondary N) is 1. The standard InChI is InChI=1S/C12H11N3O3/c1-15-7-13-9-6-8(2-3-10(9)15)14-11(16)4-5-12(17)18/h2-7H,1H3,(H,14,16)(H,17,18)/b5-4+. The van der Waals surface area contributed by atoms with Crippen molar-refractivity contribution >= 4 is 28.6 Å². The molecule has 6 nitrogen and oxygen atoms in total. The van der Waals surface area contributed by atoms with Crippen LogP contribution in [0.5, 0.6) is 0 Å². The van der Waals surface area contributed by atoms with Crippen molar-refractivity contribution in [3.63, 3.8) is 0 Å². The number of hydrogen-bond acceptors (Lipinski definition) is 3. The molecule has 0 aliphatic rings. The SMILES string of the molecule is Cn1cnc2cc(NC(=O)/C=C/C(=O)O)ccc21. The van der Waals surface area contributed by atoms with Crippen molar-refractivity contribution in [2.24, 2.45) is 7.05 Å². The lowest BCUT2D eigenvalue weighted by atomic mass is 10.2. The van der Waals surface area contributed by atoms with Crippen molar-refractivity contribution in [2.75, 3.05) is 5.32 Å². The Morgan fingerprint density at radius 2 is 2.17 bits per heavy atom. The quantitative estimate of drug-likeness (QED) is 0.794. The van der Waals surface area contributed by atoms with Gasteiger partial charge in [-0.3, -0.25) is 4.79 Å². The van der Waals surface area contributed by atoms with Crippen molar-refractivity contribution in [1.82, 2.24) is 9.55 Å². The number of fused-ring (bicyclic) bond motifs is 1. The molecule has 0 unspecified atom stereocenters. The number of carbonyl (C=O) groups excluding carboxylic acids is 1. The summed E-state index contributed by atoms with van der Waals surface area (Å²) in [6.07, 6.45) is 3.43. The van der Waals surface area contributed by atoms with Crippen LogP contribution in [0.4, 0.5) is 5.69 Å². The van der Waals surface area contributed by atoms with E-state index in [-0.39, 0.29) is 0 Å². The highest BCUT2D eigenvalue weighted by molar-refractivity contribution is 6.03. The van der Waals surface area contributed by atoms with E-state index in [0.29, 0.717) is 5.69 Å². The summed E-state index contributed by atoms with van der Waals surface area (Å²) in [7, 11) is 1.88. The van der Waals surface area contributed by atoms with Crippen LogP contribution < -0.4 is 5.32 Å². The average molecular weight is 245 g/mol. The fraction of sp³-hybridized carbons (Fsp3) is 0.0833. The van der Waals surface area contributed by atoms with Gasteiger partial charge in [0.15, 0.2) is 0 Å². The van der Waals surface area contributed by atoms with E-state index in [1.807, 2.05) is 17.7 Å². The van der Waals surface area contributed by atoms with Gasteiger partial charge >= 0.3 is 5.97 Å². The molecule has 0 atom stereocenters. The Bertz CT molecular complexity index is 643. The summed E-state index contributed by atoms with van der Waals surface area (Å²) < 4.78 is 1.87. The summed E-state index contributed by atoms with van der Waals surface area (Å²) in [5.74, 6) is -1.65. The highest BCUT2D eigenvalue weighted by Gasteiger charge is 2.03. The predicted molar refractivity (Wildman–Crippen MR) is 66.1 cm³/mol. The maximum absolute atomic E-state index is 11.4. The molecule has 0 spiro atoms. The Balaban J connectivity index is 2.17. The van der Waals surface area contributed by atoms with E-state index < -0.39 is 11.9 Å². The second-order valence-electron chi connectivity index (χ2n) is 3.72. The Kier molecular flexibility index (Phi) is 3.09. The molecule has 0 saturated carbocycles. The van der Waals surface area contributed by atoms with Gasteiger partial charge in [0.05, 0.1) is 17.4 Å².